The zero-order valence-electron chi connectivity index (χ0n) is 7.11. The van der Waals surface area contributed by atoms with Gasteiger partial charge in [0.1, 0.15) is 12.1 Å². The van der Waals surface area contributed by atoms with Gasteiger partial charge < -0.3 is 9.40 Å². The number of hydrogen-bond donors (Lipinski definition) is 2. The molecule has 8 nitrogen and oxygen atoms in total. The summed E-state index contributed by atoms with van der Waals surface area (Å²) in [6.45, 7) is 0. The van der Waals surface area contributed by atoms with E-state index in [0.717, 1.165) is 0 Å². The van der Waals surface area contributed by atoms with Crippen LogP contribution in [0.15, 0.2) is 9.21 Å². The second-order valence-corrected chi connectivity index (χ2v) is 2.45. The first kappa shape index (κ1) is 8.72. The molecule has 72 valence electrons. The summed E-state index contributed by atoms with van der Waals surface area (Å²) < 4.78 is 4.59. The van der Waals surface area contributed by atoms with E-state index in [2.05, 4.69) is 19.5 Å². The Labute approximate surface area is 81.8 Å². The van der Waals surface area contributed by atoms with Crippen LogP contribution in [-0.2, 0) is 0 Å². The molecule has 2 aromatic heterocycles. The maximum absolute atomic E-state index is 10.6. The van der Waals surface area contributed by atoms with Crippen molar-refractivity contribution in [3.05, 3.63) is 21.9 Å². The standard InChI is InChI=1S/C7H2N6O2/c8-1-3-4(2-9)11-5(10-3)6-12-13-7(14)15-6/h(H,10,11)(H,13,14). The Hall–Kier alpha value is -2.87. The molecule has 2 aromatic rings. The topological polar surface area (TPSA) is 135 Å². The van der Waals surface area contributed by atoms with Gasteiger partial charge in [0.25, 0.3) is 5.89 Å². The lowest BCUT2D eigenvalue weighted by Crippen LogP contribution is -1.93. The van der Waals surface area contributed by atoms with Crippen LogP contribution in [0.25, 0.3) is 11.7 Å². The molecule has 0 aromatic carbocycles. The van der Waals surface area contributed by atoms with Gasteiger partial charge in [-0.15, -0.1) is 5.10 Å². The average Bonchev–Trinajstić information content (AvgIpc) is 2.82. The third-order valence-corrected chi connectivity index (χ3v) is 1.56. The molecule has 0 fully saturated rings. The van der Waals surface area contributed by atoms with Crippen LogP contribution in [0.4, 0.5) is 0 Å². The molecule has 0 saturated carbocycles. The molecule has 0 aliphatic heterocycles. The van der Waals surface area contributed by atoms with Gasteiger partial charge in [-0.1, -0.05) is 0 Å². The largest absolute Gasteiger partial charge is 0.434 e. The van der Waals surface area contributed by atoms with Crippen molar-refractivity contribution in [1.82, 2.24) is 20.2 Å². The lowest BCUT2D eigenvalue weighted by Gasteiger charge is -1.81. The van der Waals surface area contributed by atoms with Gasteiger partial charge in [0.15, 0.2) is 17.2 Å². The van der Waals surface area contributed by atoms with Crippen molar-refractivity contribution in [3.8, 4) is 23.9 Å². The maximum Gasteiger partial charge on any atom is 0.434 e. The van der Waals surface area contributed by atoms with Gasteiger partial charge in [0.2, 0.25) is 0 Å². The van der Waals surface area contributed by atoms with Crippen LogP contribution in [0.3, 0.4) is 0 Å². The van der Waals surface area contributed by atoms with Crippen LogP contribution in [0.1, 0.15) is 11.4 Å². The summed E-state index contributed by atoms with van der Waals surface area (Å²) in [7, 11) is 0. The molecular formula is C7H2N6O2. The highest BCUT2D eigenvalue weighted by Crippen LogP contribution is 2.12. The number of rotatable bonds is 1. The lowest BCUT2D eigenvalue weighted by molar-refractivity contribution is 0.523. The average molecular weight is 202 g/mol. The number of imidazole rings is 1. The summed E-state index contributed by atoms with van der Waals surface area (Å²) >= 11 is 0. The van der Waals surface area contributed by atoms with Gasteiger partial charge in [0, 0.05) is 0 Å². The van der Waals surface area contributed by atoms with E-state index in [4.69, 9.17) is 10.5 Å². The fourth-order valence-corrected chi connectivity index (χ4v) is 0.968. The van der Waals surface area contributed by atoms with E-state index in [9.17, 15) is 4.79 Å². The minimum atomic E-state index is -0.738. The summed E-state index contributed by atoms with van der Waals surface area (Å²) in [4.78, 5) is 16.9. The Morgan fingerprint density at radius 2 is 2.13 bits per heavy atom. The molecule has 0 radical (unpaired) electrons. The Bertz CT molecular complexity index is 602. The predicted molar refractivity (Wildman–Crippen MR) is 44.1 cm³/mol. The van der Waals surface area contributed by atoms with Crippen molar-refractivity contribution < 1.29 is 4.42 Å². The summed E-state index contributed by atoms with van der Waals surface area (Å²) in [5.74, 6) is -0.780. The molecule has 0 aliphatic carbocycles. The second-order valence-electron chi connectivity index (χ2n) is 2.45. The highest BCUT2D eigenvalue weighted by molar-refractivity contribution is 5.48. The third kappa shape index (κ3) is 1.36. The van der Waals surface area contributed by atoms with Crippen LogP contribution in [0.2, 0.25) is 0 Å². The monoisotopic (exact) mass is 202 g/mol. The first-order chi connectivity index (χ1) is 7.24. The number of nitrogens with zero attached hydrogens (tertiary/aromatic N) is 4. The van der Waals surface area contributed by atoms with Gasteiger partial charge in [-0.25, -0.2) is 14.9 Å². The molecule has 0 atom stereocenters. The molecular weight excluding hydrogens is 200 g/mol. The van der Waals surface area contributed by atoms with E-state index in [1.54, 1.807) is 12.1 Å². The number of nitrogens with one attached hydrogen (secondary N) is 2. The Kier molecular flexibility index (Phi) is 1.81. The number of aromatic amines is 2. The van der Waals surface area contributed by atoms with Crippen LogP contribution >= 0.6 is 0 Å². The van der Waals surface area contributed by atoms with Gasteiger partial charge in [-0.3, -0.25) is 0 Å². The van der Waals surface area contributed by atoms with Crippen LogP contribution < -0.4 is 5.76 Å². The SMILES string of the molecule is N#Cc1nc(-c2n[nH]c(=O)o2)[nH]c1C#N. The molecule has 0 saturated heterocycles. The Balaban J connectivity index is 2.57. The lowest BCUT2D eigenvalue weighted by atomic mass is 10.4. The van der Waals surface area contributed by atoms with E-state index >= 15 is 0 Å². The molecule has 2 rings (SSSR count). The third-order valence-electron chi connectivity index (χ3n) is 1.56. The zero-order chi connectivity index (χ0) is 10.8. The molecule has 0 amide bonds. The first-order valence-corrected chi connectivity index (χ1v) is 3.70. The summed E-state index contributed by atoms with van der Waals surface area (Å²) in [6, 6.07) is 3.47. The maximum atomic E-state index is 10.6. The normalized spacial score (nSPS) is 9.47. The Morgan fingerprint density at radius 3 is 2.60 bits per heavy atom. The second kappa shape index (κ2) is 3.12. The molecule has 2 N–H and O–H groups in total. The van der Waals surface area contributed by atoms with E-state index in [-0.39, 0.29) is 23.1 Å². The van der Waals surface area contributed by atoms with Gasteiger partial charge in [-0.2, -0.15) is 10.5 Å². The molecule has 0 spiro atoms. The van der Waals surface area contributed by atoms with Crippen molar-refractivity contribution in [3.63, 3.8) is 0 Å². The molecule has 8 heteroatoms. The number of nitriles is 2. The van der Waals surface area contributed by atoms with Crippen molar-refractivity contribution in [2.45, 2.75) is 0 Å². The fraction of sp³-hybridized carbons (Fsp3) is 0. The van der Waals surface area contributed by atoms with Crippen LogP contribution in [0.5, 0.6) is 0 Å². The van der Waals surface area contributed by atoms with E-state index in [1.165, 1.54) is 0 Å². The highest BCUT2D eigenvalue weighted by atomic mass is 16.4. The van der Waals surface area contributed by atoms with Crippen LogP contribution in [-0.4, -0.2) is 20.2 Å². The molecule has 0 unspecified atom stereocenters. The fourth-order valence-electron chi connectivity index (χ4n) is 0.968. The molecule has 15 heavy (non-hydrogen) atoms. The first-order valence-electron chi connectivity index (χ1n) is 3.70. The zero-order valence-corrected chi connectivity index (χ0v) is 7.11. The predicted octanol–water partition coefficient (Wildman–Crippen LogP) is -0.504. The van der Waals surface area contributed by atoms with Gasteiger partial charge >= 0.3 is 5.76 Å². The van der Waals surface area contributed by atoms with E-state index in [0.29, 0.717) is 0 Å². The minimum Gasteiger partial charge on any atom is -0.384 e. The summed E-state index contributed by atoms with van der Waals surface area (Å²) in [5, 5.41) is 22.8. The number of aromatic nitrogens is 4. The molecule has 2 heterocycles. The van der Waals surface area contributed by atoms with Crippen LogP contribution in [0, 0.1) is 22.7 Å². The minimum absolute atomic E-state index is 0.00171. The number of H-pyrrole nitrogens is 2. The highest BCUT2D eigenvalue weighted by Gasteiger charge is 2.14. The van der Waals surface area contributed by atoms with E-state index in [1.807, 2.05) is 5.10 Å². The van der Waals surface area contributed by atoms with Crippen molar-refractivity contribution >= 4 is 0 Å². The van der Waals surface area contributed by atoms with Gasteiger partial charge in [0.05, 0.1) is 0 Å². The van der Waals surface area contributed by atoms with Crippen molar-refractivity contribution in [2.75, 3.05) is 0 Å². The Morgan fingerprint density at radius 1 is 1.33 bits per heavy atom. The smallest absolute Gasteiger partial charge is 0.384 e. The quantitative estimate of drug-likeness (QED) is 0.639. The van der Waals surface area contributed by atoms with E-state index < -0.39 is 5.76 Å². The van der Waals surface area contributed by atoms with Gasteiger partial charge in [-0.05, 0) is 0 Å². The van der Waals surface area contributed by atoms with Crippen molar-refractivity contribution in [2.24, 2.45) is 0 Å². The summed E-state index contributed by atoms with van der Waals surface area (Å²) in [5.41, 5.74) is -0.0729. The van der Waals surface area contributed by atoms with Crippen molar-refractivity contribution in [1.29, 1.82) is 10.5 Å². The summed E-state index contributed by atoms with van der Waals surface area (Å²) in [6.07, 6.45) is 0. The number of hydrogen-bond acceptors (Lipinski definition) is 6. The molecule has 0 aliphatic rings. The molecule has 0 bridgehead atoms.